The maximum atomic E-state index is 14.3. The Morgan fingerprint density at radius 1 is 1.11 bits per heavy atom. The molecule has 0 spiro atoms. The monoisotopic (exact) mass is 537 g/mol. The van der Waals surface area contributed by atoms with Crippen molar-refractivity contribution in [1.29, 1.82) is 0 Å². The summed E-state index contributed by atoms with van der Waals surface area (Å²) in [5.41, 5.74) is 5.70. The molecule has 38 heavy (non-hydrogen) atoms. The first-order valence-electron chi connectivity index (χ1n) is 12.1. The van der Waals surface area contributed by atoms with Gasteiger partial charge in [-0.1, -0.05) is 12.1 Å². The number of primary amides is 1. The second-order valence-corrected chi connectivity index (χ2v) is 9.47. The van der Waals surface area contributed by atoms with Gasteiger partial charge in [0.15, 0.2) is 11.5 Å². The molecule has 1 aliphatic carbocycles. The molecule has 0 aromatic heterocycles. The van der Waals surface area contributed by atoms with Crippen molar-refractivity contribution < 1.29 is 41.4 Å². The highest BCUT2D eigenvalue weighted by Crippen LogP contribution is 2.39. The van der Waals surface area contributed by atoms with Gasteiger partial charge < -0.3 is 25.4 Å². The van der Waals surface area contributed by atoms with Crippen LogP contribution in [-0.4, -0.2) is 48.4 Å². The topological polar surface area (TPSA) is 111 Å². The number of hydrogen-bond donors (Lipinski definition) is 2. The van der Waals surface area contributed by atoms with Crippen LogP contribution in [0.4, 0.5) is 17.6 Å². The number of carbonyl (C=O) groups is 3. The molecule has 1 aliphatic heterocycles. The van der Waals surface area contributed by atoms with Gasteiger partial charge in [-0.3, -0.25) is 14.4 Å². The lowest BCUT2D eigenvalue weighted by atomic mass is 9.95. The van der Waals surface area contributed by atoms with E-state index in [4.69, 9.17) is 10.5 Å². The van der Waals surface area contributed by atoms with Crippen molar-refractivity contribution in [1.82, 2.24) is 10.2 Å². The van der Waals surface area contributed by atoms with E-state index in [0.29, 0.717) is 24.2 Å². The van der Waals surface area contributed by atoms with E-state index in [1.807, 2.05) is 0 Å². The van der Waals surface area contributed by atoms with Crippen LogP contribution in [0, 0.1) is 17.6 Å². The first kappa shape index (κ1) is 27.2. The van der Waals surface area contributed by atoms with Crippen LogP contribution < -0.4 is 20.5 Å². The Morgan fingerprint density at radius 2 is 1.84 bits per heavy atom. The maximum absolute atomic E-state index is 14.3. The molecule has 2 aromatic carbocycles. The van der Waals surface area contributed by atoms with Crippen molar-refractivity contribution in [3.63, 3.8) is 0 Å². The molecule has 204 valence electrons. The molecule has 2 fully saturated rings. The third-order valence-corrected chi connectivity index (χ3v) is 6.68. The maximum Gasteiger partial charge on any atom is 0.387 e. The van der Waals surface area contributed by atoms with Crippen LogP contribution in [0.3, 0.4) is 0 Å². The number of amides is 3. The van der Waals surface area contributed by atoms with E-state index in [1.54, 1.807) is 12.1 Å². The van der Waals surface area contributed by atoms with Crippen LogP contribution in [-0.2, 0) is 14.4 Å². The van der Waals surface area contributed by atoms with Crippen molar-refractivity contribution in [2.24, 2.45) is 11.7 Å². The highest BCUT2D eigenvalue weighted by Gasteiger charge is 2.40. The third kappa shape index (κ3) is 6.35. The number of carbonyl (C=O) groups excluding carboxylic acids is 3. The summed E-state index contributed by atoms with van der Waals surface area (Å²) in [7, 11) is 0. The molecule has 3 N–H and O–H groups in total. The summed E-state index contributed by atoms with van der Waals surface area (Å²) in [6, 6.07) is 4.35. The first-order valence-corrected chi connectivity index (χ1v) is 12.1. The fourth-order valence-electron chi connectivity index (χ4n) is 4.53. The Morgan fingerprint density at radius 3 is 2.45 bits per heavy atom. The number of nitrogens with zero attached hydrogens (tertiary/aromatic N) is 1. The molecule has 2 aromatic rings. The quantitative estimate of drug-likeness (QED) is 0.452. The number of alkyl halides is 2. The minimum atomic E-state index is -3.04. The SMILES string of the molecule is CC(=O)N1CC(c2ccc(OC(F)F)c(OCC3CC3)c2)C[C@@H]1C(=O)NC(C(N)=O)c1ccc(F)cc1F. The van der Waals surface area contributed by atoms with Gasteiger partial charge in [-0.15, -0.1) is 0 Å². The van der Waals surface area contributed by atoms with E-state index in [0.717, 1.165) is 25.0 Å². The van der Waals surface area contributed by atoms with Crippen molar-refractivity contribution >= 4 is 17.7 Å². The molecule has 0 bridgehead atoms. The van der Waals surface area contributed by atoms with Crippen LogP contribution >= 0.6 is 0 Å². The van der Waals surface area contributed by atoms with Crippen molar-refractivity contribution in [3.8, 4) is 11.5 Å². The van der Waals surface area contributed by atoms with E-state index in [2.05, 4.69) is 10.1 Å². The Labute approximate surface area is 216 Å². The molecule has 1 saturated carbocycles. The molecule has 1 saturated heterocycles. The molecular formula is C26H27F4N3O5. The molecular weight excluding hydrogens is 510 g/mol. The minimum Gasteiger partial charge on any atom is -0.489 e. The molecule has 1 heterocycles. The van der Waals surface area contributed by atoms with Gasteiger partial charge in [0.05, 0.1) is 6.61 Å². The number of rotatable bonds is 10. The van der Waals surface area contributed by atoms with E-state index < -0.39 is 48.1 Å². The van der Waals surface area contributed by atoms with Crippen molar-refractivity contribution in [2.45, 2.75) is 50.8 Å². The summed E-state index contributed by atoms with van der Waals surface area (Å²) in [5, 5.41) is 2.38. The second kappa shape index (κ2) is 11.3. The van der Waals surface area contributed by atoms with E-state index in [9.17, 15) is 31.9 Å². The zero-order valence-electron chi connectivity index (χ0n) is 20.5. The average molecular weight is 538 g/mol. The van der Waals surface area contributed by atoms with Crippen molar-refractivity contribution in [3.05, 3.63) is 59.2 Å². The first-order chi connectivity index (χ1) is 18.0. The standard InChI is InChI=1S/C26H27F4N3O5/c1-13(34)33-11-16(15-4-7-21(38-26(29)30)22(9-15)37-12-14-2-3-14)8-20(33)25(36)32-23(24(31)35)18-6-5-17(27)10-19(18)28/h4-7,9-10,14,16,20,23,26H,2-3,8,11-12H2,1H3,(H2,31,35)(H,32,36)/t16?,20-,23?/m1/s1. The molecule has 2 aliphatic rings. The van der Waals surface area contributed by atoms with Crippen molar-refractivity contribution in [2.75, 3.05) is 13.2 Å². The number of likely N-dealkylation sites (tertiary alicyclic amines) is 1. The molecule has 0 radical (unpaired) electrons. The average Bonchev–Trinajstić information content (AvgIpc) is 3.56. The number of halogens is 4. The Bertz CT molecular complexity index is 1220. The Hall–Kier alpha value is -3.83. The summed E-state index contributed by atoms with van der Waals surface area (Å²) in [5.74, 6) is -4.18. The zero-order valence-corrected chi connectivity index (χ0v) is 20.5. The molecule has 3 amide bonds. The van der Waals surface area contributed by atoms with Crippen LogP contribution in [0.25, 0.3) is 0 Å². The molecule has 3 atom stereocenters. The lowest BCUT2D eigenvalue weighted by Gasteiger charge is -2.25. The fraction of sp³-hybridized carbons (Fsp3) is 0.423. The molecule has 8 nitrogen and oxygen atoms in total. The zero-order chi connectivity index (χ0) is 27.6. The fourth-order valence-corrected chi connectivity index (χ4v) is 4.53. The number of benzene rings is 2. The lowest BCUT2D eigenvalue weighted by molar-refractivity contribution is -0.138. The molecule has 12 heteroatoms. The van der Waals surface area contributed by atoms with Gasteiger partial charge in [-0.2, -0.15) is 8.78 Å². The number of nitrogens with one attached hydrogen (secondary N) is 1. The van der Waals surface area contributed by atoms with Crippen LogP contribution in [0.1, 0.15) is 49.3 Å². The number of nitrogens with two attached hydrogens (primary N) is 1. The largest absolute Gasteiger partial charge is 0.489 e. The van der Waals surface area contributed by atoms with Crippen LogP contribution in [0.2, 0.25) is 0 Å². The van der Waals surface area contributed by atoms with Gasteiger partial charge in [-0.25, -0.2) is 8.78 Å². The third-order valence-electron chi connectivity index (χ3n) is 6.68. The molecule has 4 rings (SSSR count). The van der Waals surface area contributed by atoms with Gasteiger partial charge in [0.2, 0.25) is 17.7 Å². The summed E-state index contributed by atoms with van der Waals surface area (Å²) in [4.78, 5) is 38.9. The summed E-state index contributed by atoms with van der Waals surface area (Å²) in [6.07, 6.45) is 2.11. The lowest BCUT2D eigenvalue weighted by Crippen LogP contribution is -2.48. The van der Waals surface area contributed by atoms with E-state index in [-0.39, 0.29) is 35.9 Å². The van der Waals surface area contributed by atoms with Crippen LogP contribution in [0.15, 0.2) is 36.4 Å². The predicted octanol–water partition coefficient (Wildman–Crippen LogP) is 3.40. The van der Waals surface area contributed by atoms with Gasteiger partial charge in [0.1, 0.15) is 23.7 Å². The predicted molar refractivity (Wildman–Crippen MR) is 126 cm³/mol. The summed E-state index contributed by atoms with van der Waals surface area (Å²) >= 11 is 0. The highest BCUT2D eigenvalue weighted by atomic mass is 19.3. The summed E-state index contributed by atoms with van der Waals surface area (Å²) in [6.45, 7) is -1.29. The van der Waals surface area contributed by atoms with Gasteiger partial charge in [-0.05, 0) is 48.9 Å². The van der Waals surface area contributed by atoms with Gasteiger partial charge in [0, 0.05) is 31.0 Å². The highest BCUT2D eigenvalue weighted by molar-refractivity contribution is 5.92. The minimum absolute atomic E-state index is 0.120. The van der Waals surface area contributed by atoms with Gasteiger partial charge >= 0.3 is 6.61 Å². The molecule has 2 unspecified atom stereocenters. The van der Waals surface area contributed by atoms with Crippen LogP contribution in [0.5, 0.6) is 11.5 Å². The number of ether oxygens (including phenoxy) is 2. The van der Waals surface area contributed by atoms with E-state index >= 15 is 0 Å². The Kier molecular flexibility index (Phi) is 8.08. The smallest absolute Gasteiger partial charge is 0.387 e. The second-order valence-electron chi connectivity index (χ2n) is 9.47. The summed E-state index contributed by atoms with van der Waals surface area (Å²) < 4.78 is 63.7. The number of hydrogen-bond acceptors (Lipinski definition) is 5. The van der Waals surface area contributed by atoms with Gasteiger partial charge in [0.25, 0.3) is 0 Å². The van der Waals surface area contributed by atoms with E-state index in [1.165, 1.54) is 17.9 Å². The Balaban J connectivity index is 1.55. The normalized spacial score (nSPS) is 19.8.